The van der Waals surface area contributed by atoms with E-state index in [1.54, 1.807) is 11.3 Å². The van der Waals surface area contributed by atoms with Gasteiger partial charge in [-0.2, -0.15) is 0 Å². The van der Waals surface area contributed by atoms with Gasteiger partial charge in [0, 0.05) is 11.1 Å². The van der Waals surface area contributed by atoms with E-state index >= 15 is 0 Å². The number of halogens is 1. The van der Waals surface area contributed by atoms with Crippen LogP contribution in [0.1, 0.15) is 0 Å². The zero-order valence-electron chi connectivity index (χ0n) is 11.5. The summed E-state index contributed by atoms with van der Waals surface area (Å²) in [6.07, 6.45) is 0.890. The first-order chi connectivity index (χ1) is 10.7. The SMILES string of the molecule is OC(COc1ccc(F)cc1)CSc1ncnc2sccc12. The van der Waals surface area contributed by atoms with E-state index in [-0.39, 0.29) is 12.4 Å². The predicted molar refractivity (Wildman–Crippen MR) is 86.0 cm³/mol. The Morgan fingerprint density at radius 2 is 2.05 bits per heavy atom. The van der Waals surface area contributed by atoms with E-state index in [4.69, 9.17) is 4.74 Å². The van der Waals surface area contributed by atoms with E-state index in [0.29, 0.717) is 11.5 Å². The number of rotatable bonds is 6. The Hall–Kier alpha value is -1.70. The van der Waals surface area contributed by atoms with Gasteiger partial charge in [0.15, 0.2) is 0 Å². The molecule has 0 amide bonds. The lowest BCUT2D eigenvalue weighted by Crippen LogP contribution is -2.20. The van der Waals surface area contributed by atoms with Gasteiger partial charge < -0.3 is 9.84 Å². The molecule has 0 saturated heterocycles. The van der Waals surface area contributed by atoms with Gasteiger partial charge in [-0.15, -0.1) is 23.1 Å². The maximum Gasteiger partial charge on any atom is 0.127 e. The van der Waals surface area contributed by atoms with Gasteiger partial charge in [-0.25, -0.2) is 14.4 Å². The highest BCUT2D eigenvalue weighted by Gasteiger charge is 2.10. The molecule has 4 nitrogen and oxygen atoms in total. The molecule has 3 aromatic rings. The Bertz CT molecular complexity index is 749. The van der Waals surface area contributed by atoms with Crippen LogP contribution in [-0.2, 0) is 0 Å². The van der Waals surface area contributed by atoms with Gasteiger partial charge >= 0.3 is 0 Å². The number of nitrogens with zero attached hydrogens (tertiary/aromatic N) is 2. The summed E-state index contributed by atoms with van der Waals surface area (Å²) in [5, 5.41) is 13.8. The number of hydrogen-bond acceptors (Lipinski definition) is 6. The first-order valence-corrected chi connectivity index (χ1v) is 8.46. The minimum absolute atomic E-state index is 0.149. The summed E-state index contributed by atoms with van der Waals surface area (Å²) in [6, 6.07) is 7.70. The molecule has 0 aliphatic carbocycles. The number of thiophene rings is 1. The summed E-state index contributed by atoms with van der Waals surface area (Å²) < 4.78 is 18.2. The van der Waals surface area contributed by atoms with E-state index in [2.05, 4.69) is 9.97 Å². The van der Waals surface area contributed by atoms with Crippen LogP contribution in [0, 0.1) is 5.82 Å². The molecular weight excluding hydrogens is 323 g/mol. The molecule has 0 radical (unpaired) electrons. The lowest BCUT2D eigenvalue weighted by Gasteiger charge is -2.12. The number of thioether (sulfide) groups is 1. The molecule has 0 aliphatic rings. The molecule has 1 atom stereocenters. The van der Waals surface area contributed by atoms with E-state index in [0.717, 1.165) is 15.2 Å². The largest absolute Gasteiger partial charge is 0.491 e. The number of ether oxygens (including phenoxy) is 1. The standard InChI is InChI=1S/C15H13FN2O2S2/c16-10-1-3-12(4-2-10)20-7-11(19)8-22-15-13-5-6-21-14(13)17-9-18-15/h1-6,9,11,19H,7-8H2. The smallest absolute Gasteiger partial charge is 0.127 e. The lowest BCUT2D eigenvalue weighted by molar-refractivity contribution is 0.126. The number of benzene rings is 1. The quantitative estimate of drug-likeness (QED) is 0.552. The Morgan fingerprint density at radius 1 is 1.23 bits per heavy atom. The first-order valence-electron chi connectivity index (χ1n) is 6.60. The van der Waals surface area contributed by atoms with Crippen LogP contribution < -0.4 is 4.74 Å². The number of aliphatic hydroxyl groups excluding tert-OH is 1. The molecule has 0 bridgehead atoms. The van der Waals surface area contributed by atoms with Gasteiger partial charge in [0.2, 0.25) is 0 Å². The second-order valence-corrected chi connectivity index (χ2v) is 6.45. The highest BCUT2D eigenvalue weighted by Crippen LogP contribution is 2.28. The summed E-state index contributed by atoms with van der Waals surface area (Å²) in [7, 11) is 0. The Labute approximate surface area is 135 Å². The molecule has 22 heavy (non-hydrogen) atoms. The van der Waals surface area contributed by atoms with E-state index in [9.17, 15) is 9.50 Å². The van der Waals surface area contributed by atoms with Crippen LogP contribution in [-0.4, -0.2) is 33.5 Å². The molecule has 1 aromatic carbocycles. The first kappa shape index (κ1) is 15.2. The maximum absolute atomic E-state index is 12.8. The van der Waals surface area contributed by atoms with Gasteiger partial charge in [-0.3, -0.25) is 0 Å². The van der Waals surface area contributed by atoms with Crippen molar-refractivity contribution in [3.05, 3.63) is 47.9 Å². The van der Waals surface area contributed by atoms with Crippen LogP contribution >= 0.6 is 23.1 Å². The van der Waals surface area contributed by atoms with Crippen LogP contribution in [0.25, 0.3) is 10.2 Å². The highest BCUT2D eigenvalue weighted by molar-refractivity contribution is 7.99. The number of hydrogen-bond donors (Lipinski definition) is 1. The Morgan fingerprint density at radius 3 is 2.86 bits per heavy atom. The molecule has 0 spiro atoms. The number of aromatic nitrogens is 2. The van der Waals surface area contributed by atoms with Crippen molar-refractivity contribution in [3.63, 3.8) is 0 Å². The second kappa shape index (κ2) is 7.04. The van der Waals surface area contributed by atoms with Crippen molar-refractivity contribution in [2.24, 2.45) is 0 Å². The van der Waals surface area contributed by atoms with Gasteiger partial charge in [-0.1, -0.05) is 0 Å². The summed E-state index contributed by atoms with van der Waals surface area (Å²) in [4.78, 5) is 9.37. The fourth-order valence-electron chi connectivity index (χ4n) is 1.83. The molecule has 0 saturated carbocycles. The zero-order chi connectivity index (χ0) is 15.4. The molecular formula is C15H13FN2O2S2. The van der Waals surface area contributed by atoms with Crippen molar-refractivity contribution in [3.8, 4) is 5.75 Å². The normalized spacial score (nSPS) is 12.5. The van der Waals surface area contributed by atoms with Crippen molar-refractivity contribution in [2.45, 2.75) is 11.1 Å². The zero-order valence-corrected chi connectivity index (χ0v) is 13.1. The number of aliphatic hydroxyl groups is 1. The maximum atomic E-state index is 12.8. The molecule has 3 rings (SSSR count). The van der Waals surface area contributed by atoms with Crippen molar-refractivity contribution in [2.75, 3.05) is 12.4 Å². The van der Waals surface area contributed by atoms with E-state index in [1.165, 1.54) is 42.4 Å². The third-order valence-electron chi connectivity index (χ3n) is 2.89. The topological polar surface area (TPSA) is 55.2 Å². The van der Waals surface area contributed by atoms with Crippen molar-refractivity contribution >= 4 is 33.3 Å². The summed E-state index contributed by atoms with van der Waals surface area (Å²) in [5.41, 5.74) is 0. The van der Waals surface area contributed by atoms with Crippen LogP contribution in [0.3, 0.4) is 0 Å². The summed E-state index contributed by atoms with van der Waals surface area (Å²) in [5.74, 6) is 0.683. The molecule has 0 aliphatic heterocycles. The average Bonchev–Trinajstić information content (AvgIpc) is 3.01. The molecule has 1 N–H and O–H groups in total. The summed E-state index contributed by atoms with van der Waals surface area (Å²) in [6.45, 7) is 0.149. The predicted octanol–water partition coefficient (Wildman–Crippen LogP) is 3.36. The lowest BCUT2D eigenvalue weighted by atomic mass is 10.3. The minimum atomic E-state index is -0.640. The molecule has 2 aromatic heterocycles. The summed E-state index contributed by atoms with van der Waals surface area (Å²) >= 11 is 3.03. The minimum Gasteiger partial charge on any atom is -0.491 e. The third-order valence-corrected chi connectivity index (χ3v) is 4.86. The highest BCUT2D eigenvalue weighted by atomic mass is 32.2. The van der Waals surface area contributed by atoms with Gasteiger partial charge in [0.1, 0.15) is 34.4 Å². The Kier molecular flexibility index (Phi) is 4.87. The van der Waals surface area contributed by atoms with Gasteiger partial charge in [0.25, 0.3) is 0 Å². The number of fused-ring (bicyclic) bond motifs is 1. The van der Waals surface area contributed by atoms with Crippen LogP contribution in [0.5, 0.6) is 5.75 Å². The molecule has 114 valence electrons. The second-order valence-electron chi connectivity index (χ2n) is 4.55. The van der Waals surface area contributed by atoms with E-state index < -0.39 is 6.10 Å². The monoisotopic (exact) mass is 336 g/mol. The third kappa shape index (κ3) is 3.73. The van der Waals surface area contributed by atoms with Gasteiger partial charge in [-0.05, 0) is 35.7 Å². The van der Waals surface area contributed by atoms with Crippen molar-refractivity contribution < 1.29 is 14.2 Å². The van der Waals surface area contributed by atoms with Crippen molar-refractivity contribution in [1.82, 2.24) is 9.97 Å². The molecule has 7 heteroatoms. The van der Waals surface area contributed by atoms with E-state index in [1.807, 2.05) is 11.4 Å². The molecule has 0 fully saturated rings. The Balaban J connectivity index is 1.53. The van der Waals surface area contributed by atoms with Crippen LogP contribution in [0.15, 0.2) is 47.1 Å². The molecule has 2 heterocycles. The van der Waals surface area contributed by atoms with Crippen molar-refractivity contribution in [1.29, 1.82) is 0 Å². The fourth-order valence-corrected chi connectivity index (χ4v) is 3.51. The van der Waals surface area contributed by atoms with Gasteiger partial charge in [0.05, 0.1) is 6.10 Å². The van der Waals surface area contributed by atoms with Crippen LogP contribution in [0.2, 0.25) is 0 Å². The molecule has 1 unspecified atom stereocenters. The van der Waals surface area contributed by atoms with Crippen LogP contribution in [0.4, 0.5) is 4.39 Å². The fraction of sp³-hybridized carbons (Fsp3) is 0.200. The average molecular weight is 336 g/mol.